The van der Waals surface area contributed by atoms with E-state index in [-0.39, 0.29) is 0 Å². The Morgan fingerprint density at radius 3 is 2.21 bits per heavy atom. The molecule has 2 rings (SSSR count). The summed E-state index contributed by atoms with van der Waals surface area (Å²) in [7, 11) is 0. The van der Waals surface area contributed by atoms with Gasteiger partial charge in [0, 0.05) is 19.1 Å². The molecule has 1 saturated carbocycles. The number of nitrogens with zero attached hydrogens (tertiary/aromatic N) is 2. The number of hydrogen-bond acceptors (Lipinski definition) is 3. The zero-order valence-corrected chi connectivity index (χ0v) is 8.71. The molecule has 1 spiro atoms. The minimum Gasteiger partial charge on any atom is -0.328 e. The topological polar surface area (TPSA) is 53.0 Å². The molecule has 0 aromatic carbocycles. The van der Waals surface area contributed by atoms with Gasteiger partial charge in [0.2, 0.25) is 0 Å². The largest absolute Gasteiger partial charge is 0.328 e. The summed E-state index contributed by atoms with van der Waals surface area (Å²) >= 11 is 0. The van der Waals surface area contributed by atoms with Crippen molar-refractivity contribution >= 4 is 0 Å². The van der Waals surface area contributed by atoms with E-state index >= 15 is 0 Å². The number of piperidine rings is 1. The van der Waals surface area contributed by atoms with E-state index in [2.05, 4.69) is 6.19 Å². The van der Waals surface area contributed by atoms with Crippen molar-refractivity contribution in [2.24, 2.45) is 11.1 Å². The van der Waals surface area contributed by atoms with Crippen LogP contribution in [0.25, 0.3) is 0 Å². The molecule has 1 aliphatic heterocycles. The number of likely N-dealkylation sites (tertiary alicyclic amines) is 1. The van der Waals surface area contributed by atoms with Crippen molar-refractivity contribution < 1.29 is 0 Å². The van der Waals surface area contributed by atoms with Crippen LogP contribution in [-0.2, 0) is 0 Å². The Balaban J connectivity index is 1.90. The fraction of sp³-hybridized carbons (Fsp3) is 0.909. The normalized spacial score (nSPS) is 27.6. The van der Waals surface area contributed by atoms with Crippen LogP contribution in [0.15, 0.2) is 0 Å². The summed E-state index contributed by atoms with van der Waals surface area (Å²) in [6, 6.07) is 0.439. The number of hydrogen-bond donors (Lipinski definition) is 1. The van der Waals surface area contributed by atoms with Gasteiger partial charge in [-0.1, -0.05) is 0 Å². The van der Waals surface area contributed by atoms with Crippen LogP contribution >= 0.6 is 0 Å². The maximum atomic E-state index is 8.78. The Kier molecular flexibility index (Phi) is 2.64. The van der Waals surface area contributed by atoms with Gasteiger partial charge < -0.3 is 10.6 Å². The summed E-state index contributed by atoms with van der Waals surface area (Å²) in [6.07, 6.45) is 9.59. The van der Waals surface area contributed by atoms with E-state index in [0.717, 1.165) is 13.1 Å². The van der Waals surface area contributed by atoms with Gasteiger partial charge in [0.15, 0.2) is 6.19 Å². The fourth-order valence-corrected chi connectivity index (χ4v) is 2.83. The third-order valence-electron chi connectivity index (χ3n) is 4.06. The molecule has 1 aliphatic carbocycles. The first-order chi connectivity index (χ1) is 6.74. The van der Waals surface area contributed by atoms with Crippen molar-refractivity contribution in [1.82, 2.24) is 4.90 Å². The Morgan fingerprint density at radius 2 is 1.71 bits per heavy atom. The average molecular weight is 193 g/mol. The molecule has 1 saturated heterocycles. The zero-order valence-electron chi connectivity index (χ0n) is 8.71. The number of nitriles is 1. The highest BCUT2D eigenvalue weighted by Gasteiger charge is 2.36. The highest BCUT2D eigenvalue weighted by molar-refractivity contribution is 4.93. The molecule has 2 N–H and O–H groups in total. The summed E-state index contributed by atoms with van der Waals surface area (Å²) in [4.78, 5) is 1.89. The second-order valence-corrected chi connectivity index (χ2v) is 4.92. The first-order valence-corrected chi connectivity index (χ1v) is 5.64. The van der Waals surface area contributed by atoms with Crippen LogP contribution in [0.5, 0.6) is 0 Å². The summed E-state index contributed by atoms with van der Waals surface area (Å²) in [6.45, 7) is 1.93. The van der Waals surface area contributed by atoms with Crippen LogP contribution < -0.4 is 5.73 Å². The molecule has 0 atom stereocenters. The van der Waals surface area contributed by atoms with Crippen molar-refractivity contribution in [3.05, 3.63) is 0 Å². The van der Waals surface area contributed by atoms with E-state index in [4.69, 9.17) is 11.0 Å². The first-order valence-electron chi connectivity index (χ1n) is 5.64. The molecule has 0 unspecified atom stereocenters. The van der Waals surface area contributed by atoms with Crippen LogP contribution in [0.4, 0.5) is 0 Å². The zero-order chi connectivity index (χ0) is 10.0. The third-order valence-corrected chi connectivity index (χ3v) is 4.06. The predicted octanol–water partition coefficient (Wildman–Crippen LogP) is 1.45. The van der Waals surface area contributed by atoms with Crippen LogP contribution in [-0.4, -0.2) is 24.0 Å². The van der Waals surface area contributed by atoms with Crippen molar-refractivity contribution in [3.63, 3.8) is 0 Å². The first kappa shape index (κ1) is 9.79. The maximum Gasteiger partial charge on any atom is 0.179 e. The monoisotopic (exact) mass is 193 g/mol. The smallest absolute Gasteiger partial charge is 0.179 e. The van der Waals surface area contributed by atoms with Crippen molar-refractivity contribution in [1.29, 1.82) is 5.26 Å². The predicted molar refractivity (Wildman–Crippen MR) is 55.3 cm³/mol. The summed E-state index contributed by atoms with van der Waals surface area (Å²) in [5, 5.41) is 8.78. The molecule has 0 aromatic heterocycles. The highest BCUT2D eigenvalue weighted by atomic mass is 15.1. The summed E-state index contributed by atoms with van der Waals surface area (Å²) in [5.74, 6) is 0. The molecule has 2 fully saturated rings. The van der Waals surface area contributed by atoms with Crippen LogP contribution in [0.1, 0.15) is 38.5 Å². The molecular weight excluding hydrogens is 174 g/mol. The lowest BCUT2D eigenvalue weighted by atomic mass is 9.67. The number of rotatable bonds is 0. The van der Waals surface area contributed by atoms with Crippen molar-refractivity contribution in [2.75, 3.05) is 13.1 Å². The van der Waals surface area contributed by atoms with E-state index in [1.165, 1.54) is 38.5 Å². The van der Waals surface area contributed by atoms with Gasteiger partial charge in [-0.05, 0) is 43.9 Å². The Labute approximate surface area is 85.9 Å². The van der Waals surface area contributed by atoms with Gasteiger partial charge in [-0.15, -0.1) is 0 Å². The Bertz CT molecular complexity index is 225. The van der Waals surface area contributed by atoms with Crippen LogP contribution in [0, 0.1) is 16.9 Å². The third kappa shape index (κ3) is 1.85. The molecule has 0 radical (unpaired) electrons. The second-order valence-electron chi connectivity index (χ2n) is 4.92. The van der Waals surface area contributed by atoms with Crippen molar-refractivity contribution in [2.45, 2.75) is 44.6 Å². The van der Waals surface area contributed by atoms with E-state index in [0.29, 0.717) is 11.5 Å². The minimum atomic E-state index is 0.439. The van der Waals surface area contributed by atoms with Crippen LogP contribution in [0.3, 0.4) is 0 Å². The van der Waals surface area contributed by atoms with Crippen LogP contribution in [0.2, 0.25) is 0 Å². The SMILES string of the molecule is N#CN1CCC2(CCC(N)CC2)CC1. The second kappa shape index (κ2) is 3.78. The molecule has 3 nitrogen and oxygen atoms in total. The lowest BCUT2D eigenvalue weighted by Gasteiger charge is -2.44. The van der Waals surface area contributed by atoms with Crippen molar-refractivity contribution in [3.8, 4) is 6.19 Å². The molecule has 0 amide bonds. The van der Waals surface area contributed by atoms with Gasteiger partial charge >= 0.3 is 0 Å². The van der Waals surface area contributed by atoms with E-state index in [1.54, 1.807) is 0 Å². The van der Waals surface area contributed by atoms with E-state index in [1.807, 2.05) is 4.90 Å². The van der Waals surface area contributed by atoms with E-state index < -0.39 is 0 Å². The molecule has 14 heavy (non-hydrogen) atoms. The molecule has 0 bridgehead atoms. The lowest BCUT2D eigenvalue weighted by Crippen LogP contribution is -2.42. The van der Waals surface area contributed by atoms with E-state index in [9.17, 15) is 0 Å². The molecule has 1 heterocycles. The number of nitrogens with two attached hydrogens (primary N) is 1. The van der Waals surface area contributed by atoms with Gasteiger partial charge in [-0.3, -0.25) is 0 Å². The highest BCUT2D eigenvalue weighted by Crippen LogP contribution is 2.43. The summed E-state index contributed by atoms with van der Waals surface area (Å²) in [5.41, 5.74) is 6.46. The molecule has 0 aromatic rings. The Hall–Kier alpha value is -0.750. The molecular formula is C11H19N3. The van der Waals surface area contributed by atoms with Gasteiger partial charge in [-0.2, -0.15) is 5.26 Å². The summed E-state index contributed by atoms with van der Waals surface area (Å²) < 4.78 is 0. The van der Waals surface area contributed by atoms with Gasteiger partial charge in [0.1, 0.15) is 0 Å². The Morgan fingerprint density at radius 1 is 1.14 bits per heavy atom. The van der Waals surface area contributed by atoms with Gasteiger partial charge in [-0.25, -0.2) is 0 Å². The minimum absolute atomic E-state index is 0.439. The molecule has 78 valence electrons. The quantitative estimate of drug-likeness (QED) is 0.592. The molecule has 3 heteroatoms. The average Bonchev–Trinajstić information content (AvgIpc) is 2.24. The van der Waals surface area contributed by atoms with Gasteiger partial charge in [0.25, 0.3) is 0 Å². The maximum absolute atomic E-state index is 8.78. The van der Waals surface area contributed by atoms with Gasteiger partial charge in [0.05, 0.1) is 0 Å². The molecule has 2 aliphatic rings. The lowest BCUT2D eigenvalue weighted by molar-refractivity contribution is 0.0863. The standard InChI is InChI=1S/C11H19N3/c12-9-14-7-5-11(6-8-14)3-1-10(13)2-4-11/h10H,1-8,13H2. The fourth-order valence-electron chi connectivity index (χ4n) is 2.83.